The highest BCUT2D eigenvalue weighted by Crippen LogP contribution is 2.27. The van der Waals surface area contributed by atoms with Crippen LogP contribution in [0, 0.1) is 10.1 Å². The highest BCUT2D eigenvalue weighted by molar-refractivity contribution is 5.88. The summed E-state index contributed by atoms with van der Waals surface area (Å²) in [5, 5.41) is 19.1. The van der Waals surface area contributed by atoms with Gasteiger partial charge in [-0.1, -0.05) is 30.3 Å². The van der Waals surface area contributed by atoms with Gasteiger partial charge in [0.1, 0.15) is 10.6 Å². The van der Waals surface area contributed by atoms with Crippen LogP contribution in [0.4, 0.5) is 10.7 Å². The number of hydrogen-bond donors (Lipinski definition) is 1. The standard InChI is InChI=1S/C17H15N5O5/c1-26-17(23)19-18-9-13-11-21(10-12-5-3-2-4-6-12)20-16(13)14-7-8-15(27-14)22(24)25/h2-9,11H,10H2,1H3,(H,19,23). The van der Waals surface area contributed by atoms with Crippen molar-refractivity contribution in [3.8, 4) is 11.5 Å². The van der Waals surface area contributed by atoms with Crippen molar-refractivity contribution < 1.29 is 18.9 Å². The monoisotopic (exact) mass is 369 g/mol. The summed E-state index contributed by atoms with van der Waals surface area (Å²) in [7, 11) is 1.22. The second-order valence-electron chi connectivity index (χ2n) is 5.37. The third-order valence-corrected chi connectivity index (χ3v) is 3.53. The van der Waals surface area contributed by atoms with E-state index in [4.69, 9.17) is 4.42 Å². The van der Waals surface area contributed by atoms with Gasteiger partial charge in [0.15, 0.2) is 5.76 Å². The van der Waals surface area contributed by atoms with Gasteiger partial charge in [0.25, 0.3) is 0 Å². The van der Waals surface area contributed by atoms with E-state index in [0.29, 0.717) is 17.8 Å². The van der Waals surface area contributed by atoms with Gasteiger partial charge in [-0.15, -0.1) is 0 Å². The van der Waals surface area contributed by atoms with Gasteiger partial charge in [-0.05, 0) is 11.6 Å². The van der Waals surface area contributed by atoms with Crippen LogP contribution < -0.4 is 5.43 Å². The fraction of sp³-hybridized carbons (Fsp3) is 0.118. The molecule has 3 rings (SSSR count). The number of furan rings is 1. The van der Waals surface area contributed by atoms with Crippen molar-refractivity contribution in [2.24, 2.45) is 5.10 Å². The molecule has 0 fully saturated rings. The lowest BCUT2D eigenvalue weighted by Crippen LogP contribution is -2.16. The first-order valence-corrected chi connectivity index (χ1v) is 7.80. The molecule has 2 aromatic heterocycles. The van der Waals surface area contributed by atoms with Crippen molar-refractivity contribution >= 4 is 18.2 Å². The van der Waals surface area contributed by atoms with Crippen LogP contribution in [0.1, 0.15) is 11.1 Å². The molecule has 0 aliphatic heterocycles. The topological polar surface area (TPSA) is 125 Å². The van der Waals surface area contributed by atoms with Crippen LogP contribution in [0.15, 0.2) is 58.2 Å². The van der Waals surface area contributed by atoms with Crippen molar-refractivity contribution in [2.45, 2.75) is 6.54 Å². The van der Waals surface area contributed by atoms with E-state index in [0.717, 1.165) is 5.56 Å². The normalized spacial score (nSPS) is 10.9. The molecule has 3 aromatic rings. The molecule has 10 heteroatoms. The Morgan fingerprint density at radius 3 is 2.81 bits per heavy atom. The van der Waals surface area contributed by atoms with Crippen LogP contribution >= 0.6 is 0 Å². The molecule has 1 amide bonds. The van der Waals surface area contributed by atoms with Crippen LogP contribution in [0.2, 0.25) is 0 Å². The van der Waals surface area contributed by atoms with Gasteiger partial charge >= 0.3 is 12.0 Å². The number of amides is 1. The van der Waals surface area contributed by atoms with Gasteiger partial charge in [-0.2, -0.15) is 10.2 Å². The van der Waals surface area contributed by atoms with Gasteiger partial charge in [0.2, 0.25) is 0 Å². The Labute approximate surface area is 153 Å². The average Bonchev–Trinajstić information content (AvgIpc) is 3.29. The predicted octanol–water partition coefficient (Wildman–Crippen LogP) is 2.79. The minimum atomic E-state index is -0.724. The number of methoxy groups -OCH3 is 1. The third kappa shape index (κ3) is 4.37. The second-order valence-corrected chi connectivity index (χ2v) is 5.37. The first-order valence-electron chi connectivity index (χ1n) is 7.80. The smallest absolute Gasteiger partial charge is 0.433 e. The lowest BCUT2D eigenvalue weighted by Gasteiger charge is -2.00. The number of rotatable bonds is 6. The molecule has 10 nitrogen and oxygen atoms in total. The number of nitrogens with one attached hydrogen (secondary N) is 1. The highest BCUT2D eigenvalue weighted by atomic mass is 16.6. The lowest BCUT2D eigenvalue weighted by molar-refractivity contribution is -0.401. The van der Waals surface area contributed by atoms with Crippen molar-refractivity contribution in [2.75, 3.05) is 7.11 Å². The van der Waals surface area contributed by atoms with Crippen molar-refractivity contribution in [1.29, 1.82) is 0 Å². The fourth-order valence-corrected chi connectivity index (χ4v) is 2.33. The Bertz CT molecular complexity index is 977. The molecule has 0 aliphatic rings. The van der Waals surface area contributed by atoms with Crippen LogP contribution in [0.25, 0.3) is 11.5 Å². The summed E-state index contributed by atoms with van der Waals surface area (Å²) >= 11 is 0. The fourth-order valence-electron chi connectivity index (χ4n) is 2.33. The maximum atomic E-state index is 11.1. The van der Waals surface area contributed by atoms with Gasteiger partial charge in [0, 0.05) is 11.8 Å². The number of carbonyl (C=O) groups is 1. The largest absolute Gasteiger partial charge is 0.452 e. The van der Waals surface area contributed by atoms with E-state index in [1.807, 2.05) is 30.3 Å². The molecule has 0 atom stereocenters. The van der Waals surface area contributed by atoms with Crippen molar-refractivity contribution in [3.63, 3.8) is 0 Å². The first-order chi connectivity index (χ1) is 13.1. The van der Waals surface area contributed by atoms with Gasteiger partial charge in [0.05, 0.1) is 25.9 Å². The summed E-state index contributed by atoms with van der Waals surface area (Å²) in [6.07, 6.45) is 2.33. The molecule has 27 heavy (non-hydrogen) atoms. The summed E-state index contributed by atoms with van der Waals surface area (Å²) < 4.78 is 11.3. The average molecular weight is 369 g/mol. The van der Waals surface area contributed by atoms with Crippen LogP contribution in [-0.4, -0.2) is 34.1 Å². The SMILES string of the molecule is COC(=O)NN=Cc1cn(Cc2ccccc2)nc1-c1ccc([N+](=O)[O-])o1. The first kappa shape index (κ1) is 17.9. The minimum Gasteiger partial charge on any atom is -0.452 e. The summed E-state index contributed by atoms with van der Waals surface area (Å²) in [5.41, 5.74) is 4.06. The van der Waals surface area contributed by atoms with E-state index in [9.17, 15) is 14.9 Å². The highest BCUT2D eigenvalue weighted by Gasteiger charge is 2.18. The molecule has 1 N–H and O–H groups in total. The number of ether oxygens (including phenoxy) is 1. The molecular formula is C17H15N5O5. The Balaban J connectivity index is 1.92. The van der Waals surface area contributed by atoms with E-state index in [2.05, 4.69) is 20.4 Å². The minimum absolute atomic E-state index is 0.216. The zero-order chi connectivity index (χ0) is 19.2. The van der Waals surface area contributed by atoms with Gasteiger partial charge < -0.3 is 9.15 Å². The Morgan fingerprint density at radius 1 is 1.37 bits per heavy atom. The molecule has 0 radical (unpaired) electrons. The quantitative estimate of drug-likeness (QED) is 0.405. The van der Waals surface area contributed by atoms with Crippen LogP contribution in [0.5, 0.6) is 0 Å². The number of nitrogens with zero attached hydrogens (tertiary/aromatic N) is 4. The molecule has 0 spiro atoms. The molecule has 0 unspecified atom stereocenters. The van der Waals surface area contributed by atoms with Gasteiger partial charge in [-0.3, -0.25) is 14.8 Å². The summed E-state index contributed by atoms with van der Waals surface area (Å²) in [6.45, 7) is 0.481. The van der Waals surface area contributed by atoms with Crippen molar-refractivity contribution in [1.82, 2.24) is 15.2 Å². The summed E-state index contributed by atoms with van der Waals surface area (Å²) in [4.78, 5) is 21.3. The molecule has 1 aromatic carbocycles. The lowest BCUT2D eigenvalue weighted by atomic mass is 10.2. The number of aromatic nitrogens is 2. The molecule has 0 saturated heterocycles. The molecule has 2 heterocycles. The maximum Gasteiger partial charge on any atom is 0.433 e. The molecule has 0 saturated carbocycles. The number of nitro groups is 1. The zero-order valence-electron chi connectivity index (χ0n) is 14.2. The molecule has 0 aliphatic carbocycles. The number of hydrogen-bond acceptors (Lipinski definition) is 7. The van der Waals surface area contributed by atoms with Gasteiger partial charge in [-0.25, -0.2) is 10.2 Å². The van der Waals surface area contributed by atoms with Crippen molar-refractivity contribution in [3.05, 3.63) is 69.9 Å². The Kier molecular flexibility index (Phi) is 5.26. The number of benzene rings is 1. The summed E-state index contributed by atoms with van der Waals surface area (Å²) in [5.74, 6) is -0.175. The maximum absolute atomic E-state index is 11.1. The van der Waals surface area contributed by atoms with Crippen LogP contribution in [-0.2, 0) is 11.3 Å². The van der Waals surface area contributed by atoms with E-state index in [1.54, 1.807) is 10.9 Å². The zero-order valence-corrected chi connectivity index (χ0v) is 14.2. The molecule has 138 valence electrons. The van der Waals surface area contributed by atoms with E-state index < -0.39 is 16.9 Å². The van der Waals surface area contributed by atoms with E-state index in [1.165, 1.54) is 25.5 Å². The predicted molar refractivity (Wildman–Crippen MR) is 95.3 cm³/mol. The molecule has 0 bridgehead atoms. The third-order valence-electron chi connectivity index (χ3n) is 3.53. The van der Waals surface area contributed by atoms with Crippen LogP contribution in [0.3, 0.4) is 0 Å². The second kappa shape index (κ2) is 7.95. The molecular weight excluding hydrogens is 354 g/mol. The number of hydrazone groups is 1. The van der Waals surface area contributed by atoms with E-state index >= 15 is 0 Å². The number of carbonyl (C=O) groups excluding carboxylic acids is 1. The summed E-state index contributed by atoms with van der Waals surface area (Å²) in [6, 6.07) is 12.3. The Morgan fingerprint density at radius 2 is 2.15 bits per heavy atom. The Hall–Kier alpha value is -3.95. The van der Waals surface area contributed by atoms with E-state index in [-0.39, 0.29) is 5.76 Å².